The van der Waals surface area contributed by atoms with Gasteiger partial charge >= 0.3 is 0 Å². The molecule has 0 bridgehead atoms. The third-order valence-corrected chi connectivity index (χ3v) is 6.19. The van der Waals surface area contributed by atoms with Crippen molar-refractivity contribution in [1.82, 2.24) is 24.8 Å². The number of hydrogen-bond donors (Lipinski definition) is 2. The first-order chi connectivity index (χ1) is 15.6. The summed E-state index contributed by atoms with van der Waals surface area (Å²) in [6.45, 7) is 2.24. The Balaban J connectivity index is 1.17. The molecule has 2 aromatic heterocycles. The SMILES string of the molecule is O=C(CCCCCn1c(=S)[nH]c2ccccc2c1=O)NC1CCN(c2ncccn2)CC1. The van der Waals surface area contributed by atoms with Crippen molar-refractivity contribution in [2.24, 2.45) is 0 Å². The van der Waals surface area contributed by atoms with Gasteiger partial charge in [0.1, 0.15) is 0 Å². The summed E-state index contributed by atoms with van der Waals surface area (Å²) in [7, 11) is 0. The summed E-state index contributed by atoms with van der Waals surface area (Å²) in [5.41, 5.74) is 0.701. The Labute approximate surface area is 191 Å². The van der Waals surface area contributed by atoms with E-state index in [1.54, 1.807) is 23.0 Å². The summed E-state index contributed by atoms with van der Waals surface area (Å²) in [5, 5.41) is 3.80. The molecule has 1 saturated heterocycles. The number of nitrogens with one attached hydrogen (secondary N) is 2. The average Bonchev–Trinajstić information content (AvgIpc) is 2.82. The maximum absolute atomic E-state index is 12.7. The van der Waals surface area contributed by atoms with Crippen LogP contribution in [-0.2, 0) is 11.3 Å². The smallest absolute Gasteiger partial charge is 0.262 e. The Morgan fingerprint density at radius 2 is 1.84 bits per heavy atom. The van der Waals surface area contributed by atoms with E-state index in [1.165, 1.54) is 0 Å². The fraction of sp³-hybridized carbons (Fsp3) is 0.435. The van der Waals surface area contributed by atoms with E-state index in [1.807, 2.05) is 24.3 Å². The number of piperidine rings is 1. The average molecular weight is 453 g/mol. The van der Waals surface area contributed by atoms with Crippen LogP contribution in [-0.4, -0.2) is 44.6 Å². The highest BCUT2D eigenvalue weighted by Gasteiger charge is 2.21. The molecule has 1 amide bonds. The van der Waals surface area contributed by atoms with Crippen LogP contribution in [0.25, 0.3) is 10.9 Å². The molecule has 8 nitrogen and oxygen atoms in total. The number of unbranched alkanes of at least 4 members (excludes halogenated alkanes) is 2. The lowest BCUT2D eigenvalue weighted by Crippen LogP contribution is -2.45. The number of H-pyrrole nitrogens is 1. The molecule has 0 atom stereocenters. The molecule has 1 aliphatic heterocycles. The molecular weight excluding hydrogens is 424 g/mol. The monoisotopic (exact) mass is 452 g/mol. The molecule has 32 heavy (non-hydrogen) atoms. The number of nitrogens with zero attached hydrogens (tertiary/aromatic N) is 4. The summed E-state index contributed by atoms with van der Waals surface area (Å²) in [6.07, 6.45) is 8.26. The molecule has 1 aromatic carbocycles. The van der Waals surface area contributed by atoms with Crippen molar-refractivity contribution in [3.05, 3.63) is 57.9 Å². The van der Waals surface area contributed by atoms with Crippen molar-refractivity contribution < 1.29 is 4.79 Å². The van der Waals surface area contributed by atoms with Crippen LogP contribution in [0.3, 0.4) is 0 Å². The van der Waals surface area contributed by atoms with Crippen molar-refractivity contribution in [3.63, 3.8) is 0 Å². The van der Waals surface area contributed by atoms with Crippen LogP contribution < -0.4 is 15.8 Å². The van der Waals surface area contributed by atoms with Crippen LogP contribution in [0.4, 0.5) is 5.95 Å². The second-order valence-corrected chi connectivity index (χ2v) is 8.51. The van der Waals surface area contributed by atoms with Crippen LogP contribution in [0, 0.1) is 4.77 Å². The lowest BCUT2D eigenvalue weighted by molar-refractivity contribution is -0.122. The topological polar surface area (TPSA) is 95.9 Å². The number of carbonyl (C=O) groups is 1. The first-order valence-electron chi connectivity index (χ1n) is 11.1. The molecule has 0 radical (unpaired) electrons. The second-order valence-electron chi connectivity index (χ2n) is 8.12. The van der Waals surface area contributed by atoms with Crippen molar-refractivity contribution >= 4 is 35.0 Å². The first kappa shape index (κ1) is 22.1. The normalized spacial score (nSPS) is 14.6. The number of amides is 1. The van der Waals surface area contributed by atoms with Gasteiger partial charge in [-0.25, -0.2) is 9.97 Å². The Morgan fingerprint density at radius 1 is 1.09 bits per heavy atom. The molecule has 4 rings (SSSR count). The third-order valence-electron chi connectivity index (χ3n) is 5.87. The van der Waals surface area contributed by atoms with E-state index in [2.05, 4.69) is 25.2 Å². The number of anilines is 1. The lowest BCUT2D eigenvalue weighted by Gasteiger charge is -2.32. The molecule has 0 unspecified atom stereocenters. The van der Waals surface area contributed by atoms with Gasteiger partial charge in [-0.15, -0.1) is 0 Å². The van der Waals surface area contributed by atoms with Crippen molar-refractivity contribution in [1.29, 1.82) is 0 Å². The first-order valence-corrected chi connectivity index (χ1v) is 11.6. The van der Waals surface area contributed by atoms with E-state index >= 15 is 0 Å². The van der Waals surface area contributed by atoms with Gasteiger partial charge in [-0.3, -0.25) is 14.2 Å². The number of hydrogen-bond acceptors (Lipinski definition) is 6. The Hall–Kier alpha value is -3.07. The predicted octanol–water partition coefficient (Wildman–Crippen LogP) is 3.19. The van der Waals surface area contributed by atoms with E-state index in [0.29, 0.717) is 23.1 Å². The quantitative estimate of drug-likeness (QED) is 0.403. The van der Waals surface area contributed by atoms with E-state index in [9.17, 15) is 9.59 Å². The summed E-state index contributed by atoms with van der Waals surface area (Å²) in [6, 6.07) is 9.41. The largest absolute Gasteiger partial charge is 0.353 e. The van der Waals surface area contributed by atoms with Crippen LogP contribution >= 0.6 is 12.2 Å². The van der Waals surface area contributed by atoms with Crippen LogP contribution in [0.5, 0.6) is 0 Å². The van der Waals surface area contributed by atoms with E-state index in [4.69, 9.17) is 12.2 Å². The van der Waals surface area contributed by atoms with E-state index in [0.717, 1.165) is 56.7 Å². The molecule has 3 aromatic rings. The number of fused-ring (bicyclic) bond motifs is 1. The zero-order valence-electron chi connectivity index (χ0n) is 18.0. The molecule has 2 N–H and O–H groups in total. The van der Waals surface area contributed by atoms with Crippen molar-refractivity contribution in [2.45, 2.75) is 51.1 Å². The molecule has 1 fully saturated rings. The van der Waals surface area contributed by atoms with E-state index in [-0.39, 0.29) is 17.5 Å². The molecule has 0 aliphatic carbocycles. The van der Waals surface area contributed by atoms with E-state index < -0.39 is 0 Å². The fourth-order valence-corrected chi connectivity index (χ4v) is 4.40. The highest BCUT2D eigenvalue weighted by molar-refractivity contribution is 7.71. The Bertz CT molecular complexity index is 1170. The summed E-state index contributed by atoms with van der Waals surface area (Å²) < 4.78 is 2.06. The second kappa shape index (κ2) is 10.5. The summed E-state index contributed by atoms with van der Waals surface area (Å²) in [4.78, 5) is 38.8. The molecule has 9 heteroatoms. The number of para-hydroxylation sites is 1. The number of rotatable bonds is 8. The highest BCUT2D eigenvalue weighted by atomic mass is 32.1. The van der Waals surface area contributed by atoms with Gasteiger partial charge in [-0.05, 0) is 56.1 Å². The molecule has 3 heterocycles. The third kappa shape index (κ3) is 5.40. The standard InChI is InChI=1S/C23H28N6O2S/c30-20(26-17-10-15-28(16-11-17)22-24-12-6-13-25-22)9-2-1-5-14-29-21(31)18-7-3-4-8-19(18)27-23(29)32/h3-4,6-8,12-13,17H,1-2,5,9-11,14-16H2,(H,26,30)(H,27,32). The molecule has 1 aliphatic rings. The van der Waals surface area contributed by atoms with Crippen LogP contribution in [0.2, 0.25) is 0 Å². The number of carbonyl (C=O) groups excluding carboxylic acids is 1. The minimum absolute atomic E-state index is 0.0608. The van der Waals surface area contributed by atoms with Crippen molar-refractivity contribution in [3.8, 4) is 0 Å². The molecule has 0 saturated carbocycles. The lowest BCUT2D eigenvalue weighted by atomic mass is 10.0. The molecule has 0 spiro atoms. The molecular formula is C23H28N6O2S. The fourth-order valence-electron chi connectivity index (χ4n) is 4.11. The van der Waals surface area contributed by atoms with Gasteiger partial charge in [0.25, 0.3) is 5.56 Å². The number of aromatic amines is 1. The Kier molecular flexibility index (Phi) is 7.26. The number of aromatic nitrogens is 4. The van der Waals surface area contributed by atoms with Gasteiger partial charge in [0.2, 0.25) is 11.9 Å². The van der Waals surface area contributed by atoms with Gasteiger partial charge in [-0.2, -0.15) is 0 Å². The van der Waals surface area contributed by atoms with Crippen LogP contribution in [0.15, 0.2) is 47.5 Å². The van der Waals surface area contributed by atoms with Gasteiger partial charge < -0.3 is 15.2 Å². The summed E-state index contributed by atoms with van der Waals surface area (Å²) in [5.74, 6) is 0.849. The Morgan fingerprint density at radius 3 is 2.62 bits per heavy atom. The zero-order chi connectivity index (χ0) is 22.3. The summed E-state index contributed by atoms with van der Waals surface area (Å²) >= 11 is 5.35. The maximum Gasteiger partial charge on any atom is 0.262 e. The zero-order valence-corrected chi connectivity index (χ0v) is 18.8. The van der Waals surface area contributed by atoms with Gasteiger partial charge in [0.15, 0.2) is 4.77 Å². The van der Waals surface area contributed by atoms with Gasteiger partial charge in [0, 0.05) is 44.5 Å². The minimum Gasteiger partial charge on any atom is -0.353 e. The van der Waals surface area contributed by atoms with Crippen LogP contribution in [0.1, 0.15) is 38.5 Å². The van der Waals surface area contributed by atoms with Crippen molar-refractivity contribution in [2.75, 3.05) is 18.0 Å². The van der Waals surface area contributed by atoms with Gasteiger partial charge in [-0.1, -0.05) is 18.6 Å². The predicted molar refractivity (Wildman–Crippen MR) is 127 cm³/mol. The number of benzene rings is 1. The molecule has 168 valence electrons. The minimum atomic E-state index is -0.0608. The van der Waals surface area contributed by atoms with Gasteiger partial charge in [0.05, 0.1) is 10.9 Å². The highest BCUT2D eigenvalue weighted by Crippen LogP contribution is 2.15. The maximum atomic E-state index is 12.7.